The minimum absolute atomic E-state index is 0.123. The molecule has 2 fully saturated rings. The van der Waals surface area contributed by atoms with E-state index in [4.69, 9.17) is 5.73 Å². The van der Waals surface area contributed by atoms with Gasteiger partial charge in [-0.3, -0.25) is 4.79 Å². The number of amides is 1. The number of aromatic nitrogens is 1. The highest BCUT2D eigenvalue weighted by Crippen LogP contribution is 2.36. The SMILES string of the molecule is Cc1ccc2c(N)c(C(=O)NCCc3ccc(N4CCC5(CC4)CNC5)cc3)sc2n1. The summed E-state index contributed by atoms with van der Waals surface area (Å²) in [5, 5.41) is 7.29. The Morgan fingerprint density at radius 3 is 2.61 bits per heavy atom. The van der Waals surface area contributed by atoms with E-state index in [1.165, 1.54) is 48.5 Å². The maximum atomic E-state index is 12.6. The summed E-state index contributed by atoms with van der Waals surface area (Å²) in [6.45, 7) is 7.18. The van der Waals surface area contributed by atoms with Crippen LogP contribution in [0, 0.1) is 12.3 Å². The van der Waals surface area contributed by atoms with Crippen LogP contribution in [-0.2, 0) is 6.42 Å². The van der Waals surface area contributed by atoms with Crippen molar-refractivity contribution < 1.29 is 4.79 Å². The molecule has 6 nitrogen and oxygen atoms in total. The predicted molar refractivity (Wildman–Crippen MR) is 128 cm³/mol. The molecule has 5 rings (SSSR count). The zero-order chi connectivity index (χ0) is 21.4. The van der Waals surface area contributed by atoms with Crippen molar-refractivity contribution in [2.45, 2.75) is 26.2 Å². The molecule has 162 valence electrons. The summed E-state index contributed by atoms with van der Waals surface area (Å²) >= 11 is 1.36. The lowest BCUT2D eigenvalue weighted by molar-refractivity contribution is 0.0959. The fourth-order valence-corrected chi connectivity index (χ4v) is 5.66. The zero-order valence-electron chi connectivity index (χ0n) is 17.9. The van der Waals surface area contributed by atoms with E-state index in [2.05, 4.69) is 44.8 Å². The molecule has 3 aromatic rings. The van der Waals surface area contributed by atoms with Gasteiger partial charge in [0.25, 0.3) is 5.91 Å². The standard InChI is InChI=1S/C24H29N5OS/c1-16-2-7-19-20(25)21(31-23(19)28-16)22(30)27-11-8-17-3-5-18(6-4-17)29-12-9-24(10-13-29)14-26-15-24/h2-7,26H,8-15,25H2,1H3,(H,27,30). The summed E-state index contributed by atoms with van der Waals surface area (Å²) in [5.41, 5.74) is 10.7. The first-order valence-corrected chi connectivity index (χ1v) is 11.8. The minimum Gasteiger partial charge on any atom is -0.397 e. The van der Waals surface area contributed by atoms with Crippen molar-refractivity contribution in [2.24, 2.45) is 5.41 Å². The fraction of sp³-hybridized carbons (Fsp3) is 0.417. The molecule has 1 spiro atoms. The van der Waals surface area contributed by atoms with E-state index in [0.717, 1.165) is 35.4 Å². The van der Waals surface area contributed by atoms with Gasteiger partial charge in [-0.05, 0) is 61.4 Å². The number of nitrogens with two attached hydrogens (primary N) is 1. The van der Waals surface area contributed by atoms with Gasteiger partial charge in [0.1, 0.15) is 9.71 Å². The van der Waals surface area contributed by atoms with E-state index in [1.54, 1.807) is 0 Å². The number of nitrogens with one attached hydrogen (secondary N) is 2. The summed E-state index contributed by atoms with van der Waals surface area (Å²) in [4.78, 5) is 21.0. The molecule has 4 N–H and O–H groups in total. The number of benzene rings is 1. The highest BCUT2D eigenvalue weighted by molar-refractivity contribution is 7.21. The molecule has 1 aromatic carbocycles. The average Bonchev–Trinajstić information content (AvgIpc) is 3.09. The number of hydrogen-bond acceptors (Lipinski definition) is 6. The molecule has 0 unspecified atom stereocenters. The monoisotopic (exact) mass is 435 g/mol. The van der Waals surface area contributed by atoms with Crippen LogP contribution in [-0.4, -0.2) is 43.6 Å². The first-order valence-electron chi connectivity index (χ1n) is 11.0. The van der Waals surface area contributed by atoms with Crippen LogP contribution in [0.3, 0.4) is 0 Å². The number of carbonyl (C=O) groups is 1. The molecule has 7 heteroatoms. The molecule has 31 heavy (non-hydrogen) atoms. The number of thiophene rings is 1. The number of pyridine rings is 1. The fourth-order valence-electron chi connectivity index (χ4n) is 4.60. The third-order valence-corrected chi connectivity index (χ3v) is 7.88. The van der Waals surface area contributed by atoms with Gasteiger partial charge in [-0.2, -0.15) is 0 Å². The molecule has 0 bridgehead atoms. The molecule has 2 aliphatic rings. The van der Waals surface area contributed by atoms with Gasteiger partial charge in [-0.15, -0.1) is 11.3 Å². The molecular weight excluding hydrogens is 406 g/mol. The summed E-state index contributed by atoms with van der Waals surface area (Å²) in [6, 6.07) is 12.6. The molecule has 0 saturated carbocycles. The summed E-state index contributed by atoms with van der Waals surface area (Å²) < 4.78 is 0. The van der Waals surface area contributed by atoms with Gasteiger partial charge in [0.05, 0.1) is 5.69 Å². The van der Waals surface area contributed by atoms with Crippen molar-refractivity contribution in [1.82, 2.24) is 15.6 Å². The second-order valence-corrected chi connectivity index (χ2v) is 9.91. The van der Waals surface area contributed by atoms with Gasteiger partial charge in [0.2, 0.25) is 0 Å². The number of aryl methyl sites for hydroxylation is 1. The van der Waals surface area contributed by atoms with E-state index < -0.39 is 0 Å². The van der Waals surface area contributed by atoms with Gasteiger partial charge in [0.15, 0.2) is 0 Å². The summed E-state index contributed by atoms with van der Waals surface area (Å²) in [5.74, 6) is -0.123. The van der Waals surface area contributed by atoms with E-state index in [9.17, 15) is 4.79 Å². The number of anilines is 2. The van der Waals surface area contributed by atoms with Crippen molar-refractivity contribution in [3.05, 3.63) is 52.5 Å². The first-order chi connectivity index (χ1) is 15.0. The lowest BCUT2D eigenvalue weighted by Crippen LogP contribution is -2.58. The van der Waals surface area contributed by atoms with Crippen molar-refractivity contribution in [3.8, 4) is 0 Å². The normalized spacial score (nSPS) is 17.6. The molecule has 2 aromatic heterocycles. The van der Waals surface area contributed by atoms with Crippen LogP contribution in [0.5, 0.6) is 0 Å². The summed E-state index contributed by atoms with van der Waals surface area (Å²) in [7, 11) is 0. The molecule has 0 radical (unpaired) electrons. The topological polar surface area (TPSA) is 83.3 Å². The number of hydrogen-bond donors (Lipinski definition) is 3. The Bertz CT molecular complexity index is 1090. The molecule has 2 aliphatic heterocycles. The number of fused-ring (bicyclic) bond motifs is 1. The number of rotatable bonds is 5. The molecule has 4 heterocycles. The van der Waals surface area contributed by atoms with Crippen molar-refractivity contribution in [2.75, 3.05) is 43.4 Å². The van der Waals surface area contributed by atoms with Gasteiger partial charge in [-0.25, -0.2) is 4.98 Å². The average molecular weight is 436 g/mol. The van der Waals surface area contributed by atoms with E-state index in [0.29, 0.717) is 22.5 Å². The zero-order valence-corrected chi connectivity index (χ0v) is 18.7. The van der Waals surface area contributed by atoms with E-state index in [-0.39, 0.29) is 5.91 Å². The lowest BCUT2D eigenvalue weighted by Gasteiger charge is -2.49. The van der Waals surface area contributed by atoms with Crippen LogP contribution in [0.2, 0.25) is 0 Å². The van der Waals surface area contributed by atoms with Crippen LogP contribution in [0.15, 0.2) is 36.4 Å². The third kappa shape index (κ3) is 4.00. The molecule has 0 atom stereocenters. The second kappa shape index (κ2) is 8.13. The Hall–Kier alpha value is -2.64. The maximum absolute atomic E-state index is 12.6. The van der Waals surface area contributed by atoms with E-state index in [1.807, 2.05) is 19.1 Å². The molecule has 0 aliphatic carbocycles. The van der Waals surface area contributed by atoms with Crippen molar-refractivity contribution >= 4 is 38.8 Å². The predicted octanol–water partition coefficient (Wildman–Crippen LogP) is 3.35. The second-order valence-electron chi connectivity index (χ2n) is 8.91. The molecule has 1 amide bonds. The maximum Gasteiger partial charge on any atom is 0.263 e. The Kier molecular flexibility index (Phi) is 5.32. The number of nitrogens with zero attached hydrogens (tertiary/aromatic N) is 2. The molecular formula is C24H29N5OS. The van der Waals surface area contributed by atoms with Crippen LogP contribution in [0.25, 0.3) is 10.2 Å². The number of carbonyl (C=O) groups excluding carboxylic acids is 1. The van der Waals surface area contributed by atoms with Crippen LogP contribution in [0.1, 0.15) is 33.8 Å². The Labute approximate surface area is 186 Å². The van der Waals surface area contributed by atoms with Gasteiger partial charge in [-0.1, -0.05) is 12.1 Å². The highest BCUT2D eigenvalue weighted by atomic mass is 32.1. The van der Waals surface area contributed by atoms with Crippen LogP contribution in [0.4, 0.5) is 11.4 Å². The first kappa shape index (κ1) is 20.3. The van der Waals surface area contributed by atoms with E-state index >= 15 is 0 Å². The summed E-state index contributed by atoms with van der Waals surface area (Å²) in [6.07, 6.45) is 3.36. The number of piperidine rings is 1. The van der Waals surface area contributed by atoms with Crippen LogP contribution >= 0.6 is 11.3 Å². The van der Waals surface area contributed by atoms with Crippen molar-refractivity contribution in [3.63, 3.8) is 0 Å². The largest absolute Gasteiger partial charge is 0.397 e. The van der Waals surface area contributed by atoms with Gasteiger partial charge >= 0.3 is 0 Å². The number of nitrogen functional groups attached to an aromatic ring is 1. The van der Waals surface area contributed by atoms with Crippen LogP contribution < -0.4 is 21.3 Å². The van der Waals surface area contributed by atoms with Crippen molar-refractivity contribution in [1.29, 1.82) is 0 Å². The third-order valence-electron chi connectivity index (χ3n) is 6.76. The minimum atomic E-state index is -0.123. The van der Waals surface area contributed by atoms with Gasteiger partial charge < -0.3 is 21.3 Å². The Morgan fingerprint density at radius 1 is 1.19 bits per heavy atom. The van der Waals surface area contributed by atoms with Gasteiger partial charge in [0, 0.05) is 49.5 Å². The highest BCUT2D eigenvalue weighted by Gasteiger charge is 2.39. The Balaban J connectivity index is 1.15. The lowest BCUT2D eigenvalue weighted by atomic mass is 9.73. The Morgan fingerprint density at radius 2 is 1.94 bits per heavy atom. The molecule has 2 saturated heterocycles. The quantitative estimate of drug-likeness (QED) is 0.572. The smallest absolute Gasteiger partial charge is 0.263 e.